The van der Waals surface area contributed by atoms with E-state index in [1.54, 1.807) is 0 Å². The van der Waals surface area contributed by atoms with E-state index in [9.17, 15) is 0 Å². The van der Waals surface area contributed by atoms with Gasteiger partial charge in [-0.05, 0) is 39.3 Å². The molecule has 0 spiro atoms. The molecule has 0 N–H and O–H groups in total. The summed E-state index contributed by atoms with van der Waals surface area (Å²) in [4.78, 5) is 2.71. The maximum atomic E-state index is 2.71. The van der Waals surface area contributed by atoms with Gasteiger partial charge in [-0.2, -0.15) is 0 Å². The molecule has 1 fully saturated rings. The number of hydrogen-bond acceptors (Lipinski definition) is 1. The van der Waals surface area contributed by atoms with Crippen LogP contribution in [0.3, 0.4) is 0 Å². The average molecular weight is 211 g/mol. The van der Waals surface area contributed by atoms with Gasteiger partial charge in [0.2, 0.25) is 0 Å². The molecule has 0 aliphatic carbocycles. The van der Waals surface area contributed by atoms with E-state index in [2.05, 4.69) is 25.7 Å². The van der Waals surface area contributed by atoms with Crippen LogP contribution in [0.4, 0.5) is 0 Å². The van der Waals surface area contributed by atoms with Gasteiger partial charge in [-0.15, -0.1) is 0 Å². The van der Waals surface area contributed by atoms with Gasteiger partial charge in [-0.25, -0.2) is 0 Å². The summed E-state index contributed by atoms with van der Waals surface area (Å²) >= 11 is 0. The zero-order valence-electron chi connectivity index (χ0n) is 11.0. The Bertz CT molecular complexity index is 163. The third-order valence-electron chi connectivity index (χ3n) is 3.98. The first-order valence-electron chi connectivity index (χ1n) is 6.98. The van der Waals surface area contributed by atoms with Gasteiger partial charge in [0.05, 0.1) is 0 Å². The summed E-state index contributed by atoms with van der Waals surface area (Å²) in [5.74, 6) is 0. The second kappa shape index (κ2) is 6.52. The van der Waals surface area contributed by atoms with Crippen molar-refractivity contribution in [1.82, 2.24) is 4.90 Å². The molecule has 1 nitrogen and oxygen atoms in total. The quantitative estimate of drug-likeness (QED) is 0.543. The highest BCUT2D eigenvalue weighted by Crippen LogP contribution is 2.31. The molecule has 1 heterocycles. The SMILES string of the molecule is CCCCCCC(C)(CCC)N1CCC1. The van der Waals surface area contributed by atoms with Gasteiger partial charge in [0.25, 0.3) is 0 Å². The zero-order chi connectivity index (χ0) is 11.1. The van der Waals surface area contributed by atoms with Crippen LogP contribution in [0.25, 0.3) is 0 Å². The third-order valence-corrected chi connectivity index (χ3v) is 3.98. The second-order valence-electron chi connectivity index (χ2n) is 5.40. The molecule has 1 aliphatic heterocycles. The van der Waals surface area contributed by atoms with E-state index in [1.807, 2.05) is 0 Å². The van der Waals surface area contributed by atoms with Crippen LogP contribution in [-0.4, -0.2) is 23.5 Å². The van der Waals surface area contributed by atoms with Crippen LogP contribution < -0.4 is 0 Å². The molecule has 15 heavy (non-hydrogen) atoms. The van der Waals surface area contributed by atoms with Crippen molar-refractivity contribution in [2.45, 2.75) is 77.7 Å². The molecule has 0 aromatic carbocycles. The lowest BCUT2D eigenvalue weighted by Crippen LogP contribution is -2.53. The van der Waals surface area contributed by atoms with Crippen molar-refractivity contribution in [3.05, 3.63) is 0 Å². The van der Waals surface area contributed by atoms with Gasteiger partial charge in [-0.3, -0.25) is 4.90 Å². The maximum Gasteiger partial charge on any atom is 0.0181 e. The molecule has 0 aromatic rings. The van der Waals surface area contributed by atoms with Gasteiger partial charge >= 0.3 is 0 Å². The minimum absolute atomic E-state index is 0.529. The van der Waals surface area contributed by atoms with Crippen molar-refractivity contribution in [2.24, 2.45) is 0 Å². The van der Waals surface area contributed by atoms with E-state index in [-0.39, 0.29) is 0 Å². The fourth-order valence-electron chi connectivity index (χ4n) is 2.77. The largest absolute Gasteiger partial charge is 0.298 e. The first-order chi connectivity index (χ1) is 7.23. The van der Waals surface area contributed by atoms with E-state index >= 15 is 0 Å². The van der Waals surface area contributed by atoms with Gasteiger partial charge in [0, 0.05) is 5.54 Å². The van der Waals surface area contributed by atoms with Crippen LogP contribution in [0.2, 0.25) is 0 Å². The fraction of sp³-hybridized carbons (Fsp3) is 1.00. The lowest BCUT2D eigenvalue weighted by atomic mass is 9.85. The van der Waals surface area contributed by atoms with E-state index in [4.69, 9.17) is 0 Å². The third kappa shape index (κ3) is 3.79. The second-order valence-corrected chi connectivity index (χ2v) is 5.40. The van der Waals surface area contributed by atoms with E-state index in [0.717, 1.165) is 0 Å². The number of unbranched alkanes of at least 4 members (excludes halogenated alkanes) is 3. The number of rotatable bonds is 8. The zero-order valence-corrected chi connectivity index (χ0v) is 11.0. The molecule has 1 aliphatic rings. The summed E-state index contributed by atoms with van der Waals surface area (Å²) in [5.41, 5.74) is 0.529. The Balaban J connectivity index is 2.28. The number of nitrogens with zero attached hydrogens (tertiary/aromatic N) is 1. The molecule has 0 bridgehead atoms. The average Bonchev–Trinajstić information content (AvgIpc) is 2.10. The fourth-order valence-corrected chi connectivity index (χ4v) is 2.77. The first-order valence-corrected chi connectivity index (χ1v) is 6.98. The van der Waals surface area contributed by atoms with Crippen molar-refractivity contribution in [2.75, 3.05) is 13.1 Å². The van der Waals surface area contributed by atoms with E-state index in [0.29, 0.717) is 5.54 Å². The highest BCUT2D eigenvalue weighted by atomic mass is 15.2. The smallest absolute Gasteiger partial charge is 0.0181 e. The molecular weight excluding hydrogens is 182 g/mol. The molecule has 1 rings (SSSR count). The van der Waals surface area contributed by atoms with Gasteiger partial charge < -0.3 is 0 Å². The molecule has 0 amide bonds. The predicted octanol–water partition coefficient (Wildman–Crippen LogP) is 4.22. The Kier molecular flexibility index (Phi) is 5.66. The molecule has 0 aromatic heterocycles. The summed E-state index contributed by atoms with van der Waals surface area (Å²) in [6.07, 6.45) is 11.2. The topological polar surface area (TPSA) is 3.24 Å². The summed E-state index contributed by atoms with van der Waals surface area (Å²) in [6, 6.07) is 0. The molecule has 0 saturated carbocycles. The standard InChI is InChI=1S/C14H29N/c1-4-6-7-8-11-14(3,10-5-2)15-12-9-13-15/h4-13H2,1-3H3. The highest BCUT2D eigenvalue weighted by Gasteiger charge is 2.33. The highest BCUT2D eigenvalue weighted by molar-refractivity contribution is 4.90. The van der Waals surface area contributed by atoms with Crippen LogP contribution in [0, 0.1) is 0 Å². The molecule has 1 saturated heterocycles. The summed E-state index contributed by atoms with van der Waals surface area (Å²) < 4.78 is 0. The minimum atomic E-state index is 0.529. The Morgan fingerprint density at radius 1 is 0.933 bits per heavy atom. The molecule has 0 radical (unpaired) electrons. The van der Waals surface area contributed by atoms with Gasteiger partial charge in [-0.1, -0.05) is 46.0 Å². The first kappa shape index (κ1) is 13.0. The lowest BCUT2D eigenvalue weighted by molar-refractivity contribution is 0.0264. The van der Waals surface area contributed by atoms with Crippen LogP contribution in [0.15, 0.2) is 0 Å². The van der Waals surface area contributed by atoms with Crippen LogP contribution in [0.5, 0.6) is 0 Å². The summed E-state index contributed by atoms with van der Waals surface area (Å²) in [6.45, 7) is 9.81. The number of likely N-dealkylation sites (tertiary alicyclic amines) is 1. The van der Waals surface area contributed by atoms with Crippen LogP contribution in [-0.2, 0) is 0 Å². The Morgan fingerprint density at radius 2 is 1.67 bits per heavy atom. The predicted molar refractivity (Wildman–Crippen MR) is 68.3 cm³/mol. The summed E-state index contributed by atoms with van der Waals surface area (Å²) in [5, 5.41) is 0. The Labute approximate surface area is 96.2 Å². The molecule has 1 heteroatoms. The van der Waals surface area contributed by atoms with Crippen molar-refractivity contribution >= 4 is 0 Å². The monoisotopic (exact) mass is 211 g/mol. The maximum absolute atomic E-state index is 2.71. The van der Waals surface area contributed by atoms with Crippen LogP contribution in [0.1, 0.15) is 72.1 Å². The van der Waals surface area contributed by atoms with Crippen molar-refractivity contribution in [3.8, 4) is 0 Å². The van der Waals surface area contributed by atoms with E-state index in [1.165, 1.54) is 64.5 Å². The lowest BCUT2D eigenvalue weighted by Gasteiger charge is -2.47. The number of hydrogen-bond donors (Lipinski definition) is 0. The van der Waals surface area contributed by atoms with Crippen LogP contribution >= 0.6 is 0 Å². The van der Waals surface area contributed by atoms with E-state index < -0.39 is 0 Å². The molecule has 90 valence electrons. The minimum Gasteiger partial charge on any atom is -0.298 e. The Hall–Kier alpha value is -0.0400. The molecule has 1 atom stereocenters. The van der Waals surface area contributed by atoms with Crippen molar-refractivity contribution in [1.29, 1.82) is 0 Å². The van der Waals surface area contributed by atoms with Crippen molar-refractivity contribution in [3.63, 3.8) is 0 Å². The normalized spacial score (nSPS) is 21.0. The van der Waals surface area contributed by atoms with Gasteiger partial charge in [0.1, 0.15) is 0 Å². The Morgan fingerprint density at radius 3 is 2.13 bits per heavy atom. The summed E-state index contributed by atoms with van der Waals surface area (Å²) in [7, 11) is 0. The molecular formula is C14H29N. The molecule has 1 unspecified atom stereocenters. The van der Waals surface area contributed by atoms with Crippen molar-refractivity contribution < 1.29 is 0 Å². The van der Waals surface area contributed by atoms with Gasteiger partial charge in [0.15, 0.2) is 0 Å².